The molecule has 2 bridgehead atoms. The number of amides is 2. The molecule has 2 amide bonds. The second kappa shape index (κ2) is 7.01. The largest absolute Gasteiger partial charge is 0.385 e. The molecule has 0 aliphatic carbocycles. The summed E-state index contributed by atoms with van der Waals surface area (Å²) in [6.07, 6.45) is 4.86. The number of hydrogen-bond donors (Lipinski definition) is 3. The number of ether oxygens (including phenoxy) is 1. The SMILES string of the molecule is CCCNc1ccc(CNC(=O)N[C@@H]2C[C@H]3CC[C@H]2O3)cc1. The molecule has 0 saturated carbocycles. The third kappa shape index (κ3) is 3.71. The Bertz CT molecular complexity index is 503. The van der Waals surface area contributed by atoms with Crippen molar-refractivity contribution in [3.63, 3.8) is 0 Å². The van der Waals surface area contributed by atoms with Crippen LogP contribution in [0.5, 0.6) is 0 Å². The zero-order valence-corrected chi connectivity index (χ0v) is 13.1. The Morgan fingerprint density at radius 1 is 1.27 bits per heavy atom. The van der Waals surface area contributed by atoms with E-state index in [1.54, 1.807) is 0 Å². The predicted octanol–water partition coefficient (Wildman–Crippen LogP) is 2.63. The van der Waals surface area contributed by atoms with Gasteiger partial charge in [-0.05, 0) is 43.4 Å². The van der Waals surface area contributed by atoms with E-state index >= 15 is 0 Å². The van der Waals surface area contributed by atoms with E-state index < -0.39 is 0 Å². The quantitative estimate of drug-likeness (QED) is 0.757. The van der Waals surface area contributed by atoms with E-state index in [9.17, 15) is 4.79 Å². The van der Waals surface area contributed by atoms with Crippen LogP contribution >= 0.6 is 0 Å². The zero-order valence-electron chi connectivity index (χ0n) is 13.1. The molecule has 0 unspecified atom stereocenters. The first-order chi connectivity index (χ1) is 10.7. The van der Waals surface area contributed by atoms with Gasteiger partial charge in [-0.25, -0.2) is 4.79 Å². The molecule has 3 N–H and O–H groups in total. The number of carbonyl (C=O) groups is 1. The minimum Gasteiger partial charge on any atom is -0.385 e. The molecular formula is C17H25N3O2. The Kier molecular flexibility index (Phi) is 4.83. The van der Waals surface area contributed by atoms with Gasteiger partial charge in [0.05, 0.1) is 18.2 Å². The maximum Gasteiger partial charge on any atom is 0.315 e. The van der Waals surface area contributed by atoms with Gasteiger partial charge in [-0.2, -0.15) is 0 Å². The molecule has 2 saturated heterocycles. The number of carbonyl (C=O) groups excluding carboxylic acids is 1. The summed E-state index contributed by atoms with van der Waals surface area (Å²) in [5.74, 6) is 0. The first-order valence-electron chi connectivity index (χ1n) is 8.27. The number of benzene rings is 1. The summed E-state index contributed by atoms with van der Waals surface area (Å²) in [6, 6.07) is 8.26. The van der Waals surface area contributed by atoms with Gasteiger partial charge in [-0.1, -0.05) is 19.1 Å². The Balaban J connectivity index is 1.41. The molecule has 0 radical (unpaired) electrons. The number of hydrogen-bond acceptors (Lipinski definition) is 3. The van der Waals surface area contributed by atoms with Gasteiger partial charge in [0.25, 0.3) is 0 Å². The topological polar surface area (TPSA) is 62.4 Å². The van der Waals surface area contributed by atoms with E-state index in [2.05, 4.69) is 22.9 Å². The van der Waals surface area contributed by atoms with Crippen LogP contribution in [-0.4, -0.2) is 30.8 Å². The molecule has 1 aromatic rings. The number of rotatable bonds is 6. The molecule has 2 fully saturated rings. The van der Waals surface area contributed by atoms with Crippen LogP contribution in [0, 0.1) is 0 Å². The van der Waals surface area contributed by atoms with E-state index in [4.69, 9.17) is 4.74 Å². The van der Waals surface area contributed by atoms with Crippen LogP contribution < -0.4 is 16.0 Å². The molecule has 3 rings (SSSR count). The van der Waals surface area contributed by atoms with Gasteiger partial charge in [0.1, 0.15) is 0 Å². The van der Waals surface area contributed by atoms with Crippen molar-refractivity contribution >= 4 is 11.7 Å². The lowest BCUT2D eigenvalue weighted by Gasteiger charge is -2.20. The van der Waals surface area contributed by atoms with Gasteiger partial charge in [0.15, 0.2) is 0 Å². The minimum atomic E-state index is -0.102. The smallest absolute Gasteiger partial charge is 0.315 e. The zero-order chi connectivity index (χ0) is 15.4. The number of urea groups is 1. The van der Waals surface area contributed by atoms with E-state index in [0.717, 1.165) is 43.5 Å². The van der Waals surface area contributed by atoms with E-state index in [1.165, 1.54) is 0 Å². The molecule has 2 aliphatic heterocycles. The van der Waals surface area contributed by atoms with Crippen LogP contribution in [0.2, 0.25) is 0 Å². The highest BCUT2D eigenvalue weighted by molar-refractivity contribution is 5.74. The molecule has 0 spiro atoms. The Labute approximate surface area is 131 Å². The third-order valence-electron chi connectivity index (χ3n) is 4.41. The second-order valence-electron chi connectivity index (χ2n) is 6.17. The fourth-order valence-electron chi connectivity index (χ4n) is 3.20. The van der Waals surface area contributed by atoms with Crippen LogP contribution in [0.25, 0.3) is 0 Å². The summed E-state index contributed by atoms with van der Waals surface area (Å²) >= 11 is 0. The molecule has 2 aliphatic rings. The lowest BCUT2D eigenvalue weighted by atomic mass is 9.96. The first kappa shape index (κ1) is 15.2. The summed E-state index contributed by atoms with van der Waals surface area (Å²) in [4.78, 5) is 12.0. The Hall–Kier alpha value is -1.75. The van der Waals surface area contributed by atoms with Gasteiger partial charge in [0.2, 0.25) is 0 Å². The van der Waals surface area contributed by atoms with Crippen molar-refractivity contribution < 1.29 is 9.53 Å². The van der Waals surface area contributed by atoms with Gasteiger partial charge < -0.3 is 20.7 Å². The van der Waals surface area contributed by atoms with E-state index in [1.807, 2.05) is 24.3 Å². The third-order valence-corrected chi connectivity index (χ3v) is 4.41. The lowest BCUT2D eigenvalue weighted by Crippen LogP contribution is -2.46. The summed E-state index contributed by atoms with van der Waals surface area (Å²) < 4.78 is 5.74. The van der Waals surface area contributed by atoms with Crippen LogP contribution in [-0.2, 0) is 11.3 Å². The summed E-state index contributed by atoms with van der Waals surface area (Å²) in [7, 11) is 0. The van der Waals surface area contributed by atoms with Crippen molar-refractivity contribution in [2.45, 2.75) is 57.4 Å². The molecule has 3 atom stereocenters. The second-order valence-corrected chi connectivity index (χ2v) is 6.17. The molecule has 22 heavy (non-hydrogen) atoms. The summed E-state index contributed by atoms with van der Waals surface area (Å²) in [5.41, 5.74) is 2.22. The Morgan fingerprint density at radius 2 is 2.09 bits per heavy atom. The Morgan fingerprint density at radius 3 is 2.73 bits per heavy atom. The van der Waals surface area contributed by atoms with Gasteiger partial charge in [-0.15, -0.1) is 0 Å². The maximum atomic E-state index is 12.0. The highest BCUT2D eigenvalue weighted by atomic mass is 16.5. The molecule has 5 heteroatoms. The van der Waals surface area contributed by atoms with Gasteiger partial charge in [0, 0.05) is 18.8 Å². The van der Waals surface area contributed by atoms with Crippen LogP contribution in [0.3, 0.4) is 0 Å². The van der Waals surface area contributed by atoms with Crippen molar-refractivity contribution in [2.75, 3.05) is 11.9 Å². The fourth-order valence-corrected chi connectivity index (χ4v) is 3.20. The molecule has 1 aromatic carbocycles. The molecule has 2 heterocycles. The van der Waals surface area contributed by atoms with E-state index in [-0.39, 0.29) is 18.2 Å². The van der Waals surface area contributed by atoms with Crippen molar-refractivity contribution in [1.82, 2.24) is 10.6 Å². The molecule has 5 nitrogen and oxygen atoms in total. The monoisotopic (exact) mass is 303 g/mol. The molecule has 120 valence electrons. The number of anilines is 1. The average Bonchev–Trinajstić information content (AvgIpc) is 3.14. The standard InChI is InChI=1S/C17H25N3O2/c1-2-9-18-13-5-3-12(4-6-13)11-19-17(21)20-15-10-14-7-8-16(15)22-14/h3-6,14-16,18H,2,7-11H2,1H3,(H2,19,20,21)/t14-,15-,16-/m1/s1. The van der Waals surface area contributed by atoms with Gasteiger partial charge in [-0.3, -0.25) is 0 Å². The van der Waals surface area contributed by atoms with Crippen molar-refractivity contribution in [3.05, 3.63) is 29.8 Å². The summed E-state index contributed by atoms with van der Waals surface area (Å²) in [6.45, 7) is 3.66. The lowest BCUT2D eigenvalue weighted by molar-refractivity contribution is 0.0981. The van der Waals surface area contributed by atoms with Crippen molar-refractivity contribution in [2.24, 2.45) is 0 Å². The summed E-state index contributed by atoms with van der Waals surface area (Å²) in [5, 5.41) is 9.29. The fraction of sp³-hybridized carbons (Fsp3) is 0.588. The normalized spacial score (nSPS) is 26.0. The van der Waals surface area contributed by atoms with Gasteiger partial charge >= 0.3 is 6.03 Å². The number of nitrogens with one attached hydrogen (secondary N) is 3. The van der Waals surface area contributed by atoms with Crippen LogP contribution in [0.1, 0.15) is 38.2 Å². The molecule has 0 aromatic heterocycles. The predicted molar refractivity (Wildman–Crippen MR) is 86.9 cm³/mol. The number of fused-ring (bicyclic) bond motifs is 2. The maximum absolute atomic E-state index is 12.0. The average molecular weight is 303 g/mol. The first-order valence-corrected chi connectivity index (χ1v) is 8.27. The van der Waals surface area contributed by atoms with E-state index in [0.29, 0.717) is 12.6 Å². The highest BCUT2D eigenvalue weighted by Gasteiger charge is 2.41. The molecular weight excluding hydrogens is 278 g/mol. The van der Waals surface area contributed by atoms with Crippen LogP contribution in [0.4, 0.5) is 10.5 Å². The van der Waals surface area contributed by atoms with Crippen molar-refractivity contribution in [3.8, 4) is 0 Å². The van der Waals surface area contributed by atoms with Crippen molar-refractivity contribution in [1.29, 1.82) is 0 Å². The highest BCUT2D eigenvalue weighted by Crippen LogP contribution is 2.34. The minimum absolute atomic E-state index is 0.102. The van der Waals surface area contributed by atoms with Crippen LogP contribution in [0.15, 0.2) is 24.3 Å².